The fourth-order valence-corrected chi connectivity index (χ4v) is 5.98. The van der Waals surface area contributed by atoms with Crippen molar-refractivity contribution in [1.82, 2.24) is 33.9 Å². The molecule has 1 saturated heterocycles. The van der Waals surface area contributed by atoms with Crippen molar-refractivity contribution in [1.29, 1.82) is 0 Å². The van der Waals surface area contributed by atoms with Gasteiger partial charge in [-0.3, -0.25) is 9.25 Å². The van der Waals surface area contributed by atoms with Crippen molar-refractivity contribution in [2.24, 2.45) is 0 Å². The van der Waals surface area contributed by atoms with Gasteiger partial charge in [-0.15, -0.1) is 0 Å². The number of fused-ring (bicyclic) bond motifs is 1. The number of benzene rings is 1. The Balaban J connectivity index is 0.000000510. The van der Waals surface area contributed by atoms with Gasteiger partial charge in [0.2, 0.25) is 10.0 Å². The monoisotopic (exact) mass is 651 g/mol. The normalized spacial score (nSPS) is 15.6. The molecule has 11 nitrogen and oxygen atoms in total. The number of sulfonamides is 1. The summed E-state index contributed by atoms with van der Waals surface area (Å²) in [7, 11) is -2.94. The molecular weight excluding hydrogens is 611 g/mol. The summed E-state index contributed by atoms with van der Waals surface area (Å²) in [5.41, 5.74) is 3.48. The van der Waals surface area contributed by atoms with Crippen molar-refractivity contribution in [2.45, 2.75) is 64.9 Å². The van der Waals surface area contributed by atoms with Crippen LogP contribution in [-0.2, 0) is 22.7 Å². The Hall–Kier alpha value is -3.53. The molecule has 1 aliphatic rings. The van der Waals surface area contributed by atoms with E-state index in [9.17, 15) is 31.5 Å². The Labute approximate surface area is 260 Å². The van der Waals surface area contributed by atoms with Gasteiger partial charge >= 0.3 is 11.9 Å². The van der Waals surface area contributed by atoms with E-state index in [0.717, 1.165) is 67.5 Å². The maximum absolute atomic E-state index is 12.9. The second-order valence-corrected chi connectivity index (χ2v) is 13.2. The Morgan fingerprint density at radius 3 is 2.36 bits per heavy atom. The summed E-state index contributed by atoms with van der Waals surface area (Å²) >= 11 is 0. The van der Waals surface area contributed by atoms with E-state index in [1.807, 2.05) is 26.8 Å². The quantitative estimate of drug-likeness (QED) is 0.250. The Bertz CT molecular complexity index is 1740. The van der Waals surface area contributed by atoms with Crippen molar-refractivity contribution in [3.05, 3.63) is 69.9 Å². The second kappa shape index (κ2) is 14.3. The minimum atomic E-state index is -4.39. The van der Waals surface area contributed by atoms with Gasteiger partial charge in [0.05, 0.1) is 35.7 Å². The molecule has 246 valence electrons. The maximum Gasteiger partial charge on any atom is 0.416 e. The molecule has 0 radical (unpaired) electrons. The average molecular weight is 652 g/mol. The number of aromatic amines is 1. The first kappa shape index (κ1) is 34.3. The second-order valence-electron chi connectivity index (χ2n) is 11.3. The molecular formula is C30H40F3N7O4S. The van der Waals surface area contributed by atoms with Crippen LogP contribution in [0.1, 0.15) is 49.0 Å². The molecule has 1 fully saturated rings. The lowest BCUT2D eigenvalue weighted by Crippen LogP contribution is -2.41. The lowest BCUT2D eigenvalue weighted by molar-refractivity contribution is -0.137. The van der Waals surface area contributed by atoms with E-state index in [2.05, 4.69) is 24.7 Å². The number of hydrogen-bond donors (Lipinski definition) is 3. The zero-order valence-corrected chi connectivity index (χ0v) is 26.6. The zero-order valence-electron chi connectivity index (χ0n) is 25.8. The van der Waals surface area contributed by atoms with Gasteiger partial charge in [0.15, 0.2) is 5.65 Å². The number of halogens is 3. The first-order chi connectivity index (χ1) is 21.2. The van der Waals surface area contributed by atoms with Crippen LogP contribution in [0.3, 0.4) is 0 Å². The summed E-state index contributed by atoms with van der Waals surface area (Å²) < 4.78 is 65.1. The third-order valence-corrected chi connectivity index (χ3v) is 8.58. The van der Waals surface area contributed by atoms with E-state index >= 15 is 0 Å². The number of aromatic nitrogens is 5. The number of hydrogen-bond acceptors (Lipinski definition) is 7. The number of nitrogens with one attached hydrogen (secondary N) is 2. The highest BCUT2D eigenvalue weighted by molar-refractivity contribution is 7.88. The van der Waals surface area contributed by atoms with E-state index in [1.165, 1.54) is 12.1 Å². The van der Waals surface area contributed by atoms with E-state index < -0.39 is 27.9 Å². The number of imidazole rings is 1. The van der Waals surface area contributed by atoms with Gasteiger partial charge in [0, 0.05) is 49.7 Å². The summed E-state index contributed by atoms with van der Waals surface area (Å²) in [5, 5.41) is 15.4. The number of aliphatic hydroxyl groups is 1. The van der Waals surface area contributed by atoms with Crippen molar-refractivity contribution in [3.63, 3.8) is 0 Å². The smallest absolute Gasteiger partial charge is 0.390 e. The molecule has 45 heavy (non-hydrogen) atoms. The number of H-pyrrole nitrogens is 1. The predicted octanol–water partition coefficient (Wildman–Crippen LogP) is 3.87. The highest BCUT2D eigenvalue weighted by atomic mass is 32.2. The molecule has 1 atom stereocenters. The molecule has 4 heterocycles. The first-order valence-electron chi connectivity index (χ1n) is 14.8. The molecule has 3 aromatic heterocycles. The summed E-state index contributed by atoms with van der Waals surface area (Å²) in [6, 6.07) is 8.65. The van der Waals surface area contributed by atoms with Gasteiger partial charge in [0.1, 0.15) is 0 Å². The molecule has 5 rings (SSSR count). The van der Waals surface area contributed by atoms with Crippen molar-refractivity contribution >= 4 is 21.2 Å². The Morgan fingerprint density at radius 2 is 1.78 bits per heavy atom. The average Bonchev–Trinajstić information content (AvgIpc) is 3.46. The first-order valence-corrected chi connectivity index (χ1v) is 16.7. The highest BCUT2D eigenvalue weighted by Gasteiger charge is 2.30. The summed E-state index contributed by atoms with van der Waals surface area (Å²) in [4.78, 5) is 21.9. The highest BCUT2D eigenvalue weighted by Crippen LogP contribution is 2.32. The molecule has 0 bridgehead atoms. The van der Waals surface area contributed by atoms with Crippen LogP contribution in [0.2, 0.25) is 0 Å². The third-order valence-electron chi connectivity index (χ3n) is 7.86. The zero-order chi connectivity index (χ0) is 32.9. The molecule has 0 aliphatic carbocycles. The molecule has 1 unspecified atom stereocenters. The van der Waals surface area contributed by atoms with Gasteiger partial charge < -0.3 is 15.0 Å². The number of aliphatic hydroxyl groups excluding tert-OH is 1. The molecule has 3 N–H and O–H groups in total. The van der Waals surface area contributed by atoms with Gasteiger partial charge in [-0.1, -0.05) is 19.1 Å². The van der Waals surface area contributed by atoms with Crippen LogP contribution >= 0.6 is 0 Å². The van der Waals surface area contributed by atoms with Crippen molar-refractivity contribution in [2.75, 3.05) is 32.4 Å². The molecule has 15 heteroatoms. The van der Waals surface area contributed by atoms with E-state index in [-0.39, 0.29) is 18.3 Å². The topological polar surface area (TPSA) is 138 Å². The van der Waals surface area contributed by atoms with E-state index in [0.29, 0.717) is 30.0 Å². The van der Waals surface area contributed by atoms with Gasteiger partial charge in [0.25, 0.3) is 0 Å². The van der Waals surface area contributed by atoms with Crippen LogP contribution in [0.5, 0.6) is 0 Å². The number of likely N-dealkylation sites (tertiary alicyclic amines) is 1. The SMILES string of the molecule is CCCNS(C)(=O)=O.Cc1c(-c2ccc(C(F)(F)F)cc2)nn(CC(O)CN2CCC(n3c(=O)[nH]c4cccnc43)CC2)c1C. The molecule has 1 aliphatic heterocycles. The van der Waals surface area contributed by atoms with Crippen molar-refractivity contribution < 1.29 is 26.7 Å². The predicted molar refractivity (Wildman–Crippen MR) is 166 cm³/mol. The minimum Gasteiger partial charge on any atom is -0.390 e. The number of nitrogens with zero attached hydrogens (tertiary/aromatic N) is 5. The van der Waals surface area contributed by atoms with Crippen LogP contribution in [0.4, 0.5) is 13.2 Å². The molecule has 4 aromatic rings. The minimum absolute atomic E-state index is 0.0480. The van der Waals surface area contributed by atoms with E-state index in [1.54, 1.807) is 21.5 Å². The number of piperidine rings is 1. The molecule has 0 saturated carbocycles. The van der Waals surface area contributed by atoms with Crippen LogP contribution < -0.4 is 10.4 Å². The van der Waals surface area contributed by atoms with Crippen LogP contribution in [-0.4, -0.2) is 81.3 Å². The van der Waals surface area contributed by atoms with Crippen LogP contribution in [0.25, 0.3) is 22.4 Å². The number of β-amino-alcohol motifs (C(OH)–C–C–N with tert-alkyl or cyclic N) is 1. The van der Waals surface area contributed by atoms with Crippen LogP contribution in [0, 0.1) is 13.8 Å². The van der Waals surface area contributed by atoms with Crippen LogP contribution in [0.15, 0.2) is 47.4 Å². The van der Waals surface area contributed by atoms with E-state index in [4.69, 9.17) is 0 Å². The maximum atomic E-state index is 12.9. The van der Waals surface area contributed by atoms with Gasteiger partial charge in [-0.05, 0) is 62.9 Å². The molecule has 0 spiro atoms. The number of rotatable bonds is 9. The number of alkyl halides is 3. The van der Waals surface area contributed by atoms with Gasteiger partial charge in [-0.25, -0.2) is 22.9 Å². The fraction of sp³-hybridized carbons (Fsp3) is 0.500. The fourth-order valence-electron chi connectivity index (χ4n) is 5.40. The Morgan fingerprint density at radius 1 is 1.11 bits per heavy atom. The molecule has 0 amide bonds. The summed E-state index contributed by atoms with van der Waals surface area (Å²) in [6.07, 6.45) is 0.161. The lowest BCUT2D eigenvalue weighted by atomic mass is 10.0. The lowest BCUT2D eigenvalue weighted by Gasteiger charge is -2.33. The standard InChI is InChI=1S/C26H29F3N6O2.C4H11NO2S/c1-16-17(2)34(32-23(16)18-5-7-19(8-6-18)26(27,28)29)15-21(36)14-33-12-9-20(10-13-33)35-24-22(31-25(35)37)4-3-11-30-24;1-3-4-5-8(2,6)7/h3-8,11,20-21,36H,9-10,12-15H2,1-2H3,(H,31,37);5H,3-4H2,1-2H3. The van der Waals surface area contributed by atoms with Crippen molar-refractivity contribution in [3.8, 4) is 11.3 Å². The largest absolute Gasteiger partial charge is 0.416 e. The number of pyridine rings is 1. The molecule has 1 aromatic carbocycles. The third kappa shape index (κ3) is 8.81. The van der Waals surface area contributed by atoms with Gasteiger partial charge in [-0.2, -0.15) is 18.3 Å². The summed E-state index contributed by atoms with van der Waals surface area (Å²) in [6.45, 7) is 8.44. The Kier molecular flexibility index (Phi) is 10.9. The summed E-state index contributed by atoms with van der Waals surface area (Å²) in [5.74, 6) is 0.